The van der Waals surface area contributed by atoms with Crippen molar-refractivity contribution in [3.8, 4) is 0 Å². The fraction of sp³-hybridized carbons (Fsp3) is 0.348. The van der Waals surface area contributed by atoms with Crippen molar-refractivity contribution in [2.75, 3.05) is 24.7 Å². The molecule has 0 radical (unpaired) electrons. The fourth-order valence-corrected chi connectivity index (χ4v) is 5.87. The highest BCUT2D eigenvalue weighted by Gasteiger charge is 1.97. The van der Waals surface area contributed by atoms with Crippen LogP contribution in [0.25, 0.3) is 0 Å². The van der Waals surface area contributed by atoms with Gasteiger partial charge in [-0.1, -0.05) is 29.0 Å². The van der Waals surface area contributed by atoms with Crippen LogP contribution in [0.15, 0.2) is 88.3 Å². The molecule has 2 N–H and O–H groups in total. The third kappa shape index (κ3) is 24.3. The molecule has 0 aliphatic rings. The summed E-state index contributed by atoms with van der Waals surface area (Å²) >= 11 is 11.3. The molecule has 36 heavy (non-hydrogen) atoms. The number of unbranched alkanes of at least 4 members (excludes halogenated alkanes) is 2. The number of aromatic nitrogens is 3. The normalized spacial score (nSPS) is 9.19. The van der Waals surface area contributed by atoms with E-state index in [1.165, 1.54) is 0 Å². The summed E-state index contributed by atoms with van der Waals surface area (Å²) in [5.74, 6) is 1.96. The van der Waals surface area contributed by atoms with Gasteiger partial charge in [-0.25, -0.2) is 15.0 Å². The Morgan fingerprint density at radius 3 is 1.39 bits per heavy atom. The number of hydrogen-bond acceptors (Lipinski definition) is 12. The molecule has 0 bridgehead atoms. The second-order valence-corrected chi connectivity index (χ2v) is 11.2. The Labute approximate surface area is 253 Å². The highest BCUT2D eigenvalue weighted by Crippen LogP contribution is 2.34. The molecule has 0 aliphatic heterocycles. The van der Waals surface area contributed by atoms with E-state index in [2.05, 4.69) is 50.0 Å². The van der Waals surface area contributed by atoms with Gasteiger partial charge in [0.05, 0.1) is 0 Å². The standard InChI is InChI=1S/C10H8N2S2.C9H13NOS2.C4H10OS.S2.H2S/c1-3-7-11-9(5-1)13-14-10-6-2-4-8-12-10;11-7-3-4-8-12-13-9-5-1-2-6-10-9;5-3-1-2-4-6;1-2;/h1-8H;1-2,5-6,11H,3-4,7-8H2;5-6H,1-4H2;;1H2. The Morgan fingerprint density at radius 2 is 1.06 bits per heavy atom. The Bertz CT molecular complexity index is 769. The molecule has 200 valence electrons. The van der Waals surface area contributed by atoms with Crippen LogP contribution < -0.4 is 0 Å². The lowest BCUT2D eigenvalue weighted by Crippen LogP contribution is -1.83. The molecule has 0 amide bonds. The zero-order valence-electron chi connectivity index (χ0n) is 19.7. The minimum atomic E-state index is 0. The van der Waals surface area contributed by atoms with Crippen LogP contribution >= 0.6 is 69.3 Å². The quantitative estimate of drug-likeness (QED) is 0.113. The first-order valence-electron chi connectivity index (χ1n) is 10.7. The molecular formula is C23H33N3O2S8. The predicted octanol–water partition coefficient (Wildman–Crippen LogP) is 6.67. The van der Waals surface area contributed by atoms with Crippen LogP contribution in [0.2, 0.25) is 0 Å². The van der Waals surface area contributed by atoms with Crippen LogP contribution in [0.3, 0.4) is 0 Å². The summed E-state index contributed by atoms with van der Waals surface area (Å²) < 4.78 is 0. The first kappa shape index (κ1) is 38.1. The van der Waals surface area contributed by atoms with Gasteiger partial charge in [-0.3, -0.25) is 0 Å². The van der Waals surface area contributed by atoms with Gasteiger partial charge >= 0.3 is 0 Å². The predicted molar refractivity (Wildman–Crippen MR) is 174 cm³/mol. The van der Waals surface area contributed by atoms with Crippen molar-refractivity contribution in [1.29, 1.82) is 0 Å². The molecular weight excluding hydrogens is 607 g/mol. The van der Waals surface area contributed by atoms with Gasteiger partial charge in [-0.2, -0.15) is 26.1 Å². The highest BCUT2D eigenvalue weighted by atomic mass is 33.1. The van der Waals surface area contributed by atoms with Crippen LogP contribution in [-0.2, 0) is 22.4 Å². The average molecular weight is 640 g/mol. The fourth-order valence-electron chi connectivity index (χ4n) is 1.87. The summed E-state index contributed by atoms with van der Waals surface area (Å²) in [7, 11) is 6.72. The van der Waals surface area contributed by atoms with Gasteiger partial charge in [-0.05, 0) is 100 Å². The van der Waals surface area contributed by atoms with Gasteiger partial charge in [0.2, 0.25) is 0 Å². The van der Waals surface area contributed by atoms with Crippen molar-refractivity contribution in [1.82, 2.24) is 15.0 Å². The highest BCUT2D eigenvalue weighted by molar-refractivity contribution is 8.77. The third-order valence-corrected chi connectivity index (χ3v) is 8.32. The Hall–Kier alpha value is -0.0900. The van der Waals surface area contributed by atoms with Gasteiger partial charge in [0.15, 0.2) is 0 Å². The van der Waals surface area contributed by atoms with E-state index in [1.807, 2.05) is 54.6 Å². The topological polar surface area (TPSA) is 79.1 Å². The van der Waals surface area contributed by atoms with Gasteiger partial charge in [0.1, 0.15) is 15.1 Å². The summed E-state index contributed by atoms with van der Waals surface area (Å²) in [4.78, 5) is 12.6. The molecule has 0 saturated heterocycles. The maximum absolute atomic E-state index is 8.55. The van der Waals surface area contributed by atoms with E-state index in [4.69, 9.17) is 10.2 Å². The molecule has 13 heteroatoms. The second-order valence-electron chi connectivity index (χ2n) is 6.16. The van der Waals surface area contributed by atoms with E-state index in [9.17, 15) is 0 Å². The number of rotatable bonds is 12. The summed E-state index contributed by atoms with van der Waals surface area (Å²) in [5, 5.41) is 19.8. The second kappa shape index (κ2) is 31.1. The van der Waals surface area contributed by atoms with Crippen LogP contribution in [0.5, 0.6) is 0 Å². The first-order chi connectivity index (χ1) is 17.3. The molecule has 0 saturated carbocycles. The Balaban J connectivity index is 0. The van der Waals surface area contributed by atoms with Crippen molar-refractivity contribution in [3.63, 3.8) is 0 Å². The number of thiol groups is 1. The average Bonchev–Trinajstić information content (AvgIpc) is 2.94. The lowest BCUT2D eigenvalue weighted by atomic mass is 10.4. The van der Waals surface area contributed by atoms with E-state index >= 15 is 0 Å². The maximum atomic E-state index is 8.55. The van der Waals surface area contributed by atoms with Gasteiger partial charge in [0.25, 0.3) is 0 Å². The van der Waals surface area contributed by atoms with Crippen LogP contribution in [-0.4, -0.2) is 49.9 Å². The van der Waals surface area contributed by atoms with Crippen molar-refractivity contribution >= 4 is 91.7 Å². The minimum Gasteiger partial charge on any atom is -0.396 e. The third-order valence-electron chi connectivity index (χ3n) is 3.47. The Kier molecular flexibility index (Phi) is 32.9. The molecule has 0 atom stereocenters. The van der Waals surface area contributed by atoms with Crippen molar-refractivity contribution < 1.29 is 10.2 Å². The van der Waals surface area contributed by atoms with E-state index < -0.39 is 0 Å². The molecule has 3 rings (SSSR count). The largest absolute Gasteiger partial charge is 0.396 e. The van der Waals surface area contributed by atoms with Crippen LogP contribution in [0.1, 0.15) is 25.7 Å². The van der Waals surface area contributed by atoms with E-state index in [1.54, 1.807) is 61.8 Å². The van der Waals surface area contributed by atoms with Crippen molar-refractivity contribution in [3.05, 3.63) is 73.2 Å². The number of pyridine rings is 3. The van der Waals surface area contributed by atoms with E-state index in [-0.39, 0.29) is 13.5 Å². The number of aliphatic hydroxyl groups excluding tert-OH is 2. The Morgan fingerprint density at radius 1 is 0.639 bits per heavy atom. The molecule has 0 aromatic carbocycles. The van der Waals surface area contributed by atoms with Crippen molar-refractivity contribution in [2.24, 2.45) is 0 Å². The summed E-state index contributed by atoms with van der Waals surface area (Å²) in [6, 6.07) is 17.7. The maximum Gasteiger partial charge on any atom is 0.107 e. The monoisotopic (exact) mass is 639 g/mol. The lowest BCUT2D eigenvalue weighted by molar-refractivity contribution is 0.287. The molecule has 3 aromatic heterocycles. The molecule has 0 fully saturated rings. The lowest BCUT2D eigenvalue weighted by Gasteiger charge is -1.98. The molecule has 3 aromatic rings. The summed E-state index contributed by atoms with van der Waals surface area (Å²) in [5.41, 5.74) is 0. The van der Waals surface area contributed by atoms with E-state index in [0.29, 0.717) is 13.2 Å². The van der Waals surface area contributed by atoms with Crippen LogP contribution in [0.4, 0.5) is 0 Å². The van der Waals surface area contributed by atoms with Crippen molar-refractivity contribution in [2.45, 2.75) is 40.8 Å². The van der Waals surface area contributed by atoms with Gasteiger partial charge < -0.3 is 10.2 Å². The zero-order valence-corrected chi connectivity index (χ0v) is 26.5. The number of nitrogens with zero attached hydrogens (tertiary/aromatic N) is 3. The van der Waals surface area contributed by atoms with Gasteiger partial charge in [-0.15, -0.1) is 0 Å². The zero-order chi connectivity index (χ0) is 25.8. The summed E-state index contributed by atoms with van der Waals surface area (Å²) in [6.07, 6.45) is 9.28. The molecule has 3 heterocycles. The first-order valence-corrected chi connectivity index (χ1v) is 17.1. The number of hydrogen-bond donors (Lipinski definition) is 3. The SMILES string of the molecule is OCCCCS.OCCCCSSc1ccccn1.S.S=S.c1ccc(SSc2ccccn2)nc1. The smallest absolute Gasteiger partial charge is 0.107 e. The summed E-state index contributed by atoms with van der Waals surface area (Å²) in [6.45, 7) is 0.607. The molecule has 0 unspecified atom stereocenters. The minimum absolute atomic E-state index is 0. The van der Waals surface area contributed by atoms with Gasteiger partial charge in [0, 0.05) is 59.9 Å². The van der Waals surface area contributed by atoms with Crippen LogP contribution in [0, 0.1) is 0 Å². The van der Waals surface area contributed by atoms with E-state index in [0.717, 1.165) is 52.3 Å². The molecule has 5 nitrogen and oxygen atoms in total. The number of aliphatic hydroxyl groups is 2. The molecule has 0 spiro atoms. The molecule has 0 aliphatic carbocycles.